The van der Waals surface area contributed by atoms with E-state index < -0.39 is 5.97 Å². The van der Waals surface area contributed by atoms with E-state index in [4.69, 9.17) is 15.6 Å². The third-order valence-corrected chi connectivity index (χ3v) is 5.52. The van der Waals surface area contributed by atoms with Gasteiger partial charge in [-0.1, -0.05) is 18.2 Å². The van der Waals surface area contributed by atoms with E-state index in [9.17, 15) is 14.7 Å². The van der Waals surface area contributed by atoms with E-state index in [0.717, 1.165) is 17.3 Å². The van der Waals surface area contributed by atoms with Crippen LogP contribution in [0.3, 0.4) is 0 Å². The number of carbonyl (C=O) groups is 1. The Morgan fingerprint density at radius 3 is 2.64 bits per heavy atom. The van der Waals surface area contributed by atoms with Crippen LogP contribution in [0, 0.1) is 12.3 Å². The highest BCUT2D eigenvalue weighted by Gasteiger charge is 2.18. The molecule has 0 fully saturated rings. The molecule has 4 aromatic rings. The lowest BCUT2D eigenvalue weighted by atomic mass is 10.00. The number of para-hydroxylation sites is 1. The van der Waals surface area contributed by atoms with Crippen molar-refractivity contribution in [1.29, 1.82) is 5.41 Å². The summed E-state index contributed by atoms with van der Waals surface area (Å²) in [7, 11) is 0. The number of aryl methyl sites for hydroxylation is 1. The van der Waals surface area contributed by atoms with Crippen molar-refractivity contribution in [2.45, 2.75) is 19.9 Å². The number of benzene rings is 3. The predicted molar refractivity (Wildman–Crippen MR) is 130 cm³/mol. The van der Waals surface area contributed by atoms with E-state index in [2.05, 4.69) is 5.32 Å². The average Bonchev–Trinajstić information content (AvgIpc) is 2.79. The van der Waals surface area contributed by atoms with Crippen LogP contribution in [-0.2, 0) is 0 Å². The standard InChI is InChI=1S/C26H23N3O4/c1-14-9-19(15(2)29-22-6-4-3-5-18(22)26(31)32)25-20(10-14)23(30)12-24(33-25)16-7-8-21(28)17(11-16)13-27/h3-13,15,27,29H,28H2,1-2H3,(H,31,32). The molecule has 0 aliphatic carbocycles. The number of anilines is 2. The smallest absolute Gasteiger partial charge is 0.337 e. The van der Waals surface area contributed by atoms with Gasteiger partial charge in [0.15, 0.2) is 5.43 Å². The first-order chi connectivity index (χ1) is 15.8. The Balaban J connectivity index is 1.86. The molecule has 0 spiro atoms. The summed E-state index contributed by atoms with van der Waals surface area (Å²) in [5.41, 5.74) is 9.98. The van der Waals surface area contributed by atoms with Crippen molar-refractivity contribution in [2.24, 2.45) is 0 Å². The van der Waals surface area contributed by atoms with Gasteiger partial charge >= 0.3 is 5.97 Å². The summed E-state index contributed by atoms with van der Waals surface area (Å²) in [6.07, 6.45) is 1.15. The van der Waals surface area contributed by atoms with Crippen LogP contribution in [0.2, 0.25) is 0 Å². The van der Waals surface area contributed by atoms with Gasteiger partial charge in [0.25, 0.3) is 0 Å². The summed E-state index contributed by atoms with van der Waals surface area (Å²) in [6.45, 7) is 3.78. The second-order valence-electron chi connectivity index (χ2n) is 7.91. The predicted octanol–water partition coefficient (Wildman–Crippen LogP) is 5.22. The largest absolute Gasteiger partial charge is 0.478 e. The Bertz CT molecular complexity index is 1460. The summed E-state index contributed by atoms with van der Waals surface area (Å²) in [6, 6.07) is 16.5. The molecule has 0 saturated carbocycles. The number of aromatic carboxylic acids is 1. The first-order valence-corrected chi connectivity index (χ1v) is 10.4. The van der Waals surface area contributed by atoms with Gasteiger partial charge in [-0.05, 0) is 55.8 Å². The zero-order chi connectivity index (χ0) is 23.7. The van der Waals surface area contributed by atoms with Gasteiger partial charge in [-0.3, -0.25) is 4.79 Å². The van der Waals surface area contributed by atoms with Gasteiger partial charge in [0.2, 0.25) is 0 Å². The minimum atomic E-state index is -1.03. The lowest BCUT2D eigenvalue weighted by molar-refractivity contribution is 0.0698. The van der Waals surface area contributed by atoms with Crippen LogP contribution in [0.15, 0.2) is 69.9 Å². The van der Waals surface area contributed by atoms with Crippen LogP contribution >= 0.6 is 0 Å². The Labute approximate surface area is 190 Å². The van der Waals surface area contributed by atoms with Gasteiger partial charge in [0.1, 0.15) is 11.3 Å². The molecule has 1 atom stereocenters. The Kier molecular flexibility index (Phi) is 5.70. The van der Waals surface area contributed by atoms with E-state index in [1.807, 2.05) is 19.9 Å². The minimum Gasteiger partial charge on any atom is -0.478 e. The number of rotatable bonds is 6. The maximum absolute atomic E-state index is 13.0. The topological polar surface area (TPSA) is 129 Å². The highest BCUT2D eigenvalue weighted by Crippen LogP contribution is 2.32. The first kappa shape index (κ1) is 21.8. The molecule has 1 unspecified atom stereocenters. The second-order valence-corrected chi connectivity index (χ2v) is 7.91. The second kappa shape index (κ2) is 8.63. The minimum absolute atomic E-state index is 0.157. The number of fused-ring (bicyclic) bond motifs is 1. The summed E-state index contributed by atoms with van der Waals surface area (Å²) in [4.78, 5) is 24.6. The van der Waals surface area contributed by atoms with Gasteiger partial charge in [0.05, 0.1) is 17.0 Å². The summed E-state index contributed by atoms with van der Waals surface area (Å²) >= 11 is 0. The molecule has 0 amide bonds. The maximum Gasteiger partial charge on any atom is 0.337 e. The third kappa shape index (κ3) is 4.21. The lowest BCUT2D eigenvalue weighted by Crippen LogP contribution is -2.12. The molecule has 0 aliphatic rings. The van der Waals surface area contributed by atoms with E-state index >= 15 is 0 Å². The van der Waals surface area contributed by atoms with Crippen molar-refractivity contribution in [1.82, 2.24) is 0 Å². The quantitative estimate of drug-likeness (QED) is 0.240. The van der Waals surface area contributed by atoms with Crippen molar-refractivity contribution in [3.8, 4) is 11.3 Å². The van der Waals surface area contributed by atoms with E-state index in [-0.39, 0.29) is 17.0 Å². The van der Waals surface area contributed by atoms with E-state index in [1.165, 1.54) is 12.1 Å². The van der Waals surface area contributed by atoms with Crippen LogP contribution in [0.25, 0.3) is 22.3 Å². The van der Waals surface area contributed by atoms with Crippen LogP contribution in [-0.4, -0.2) is 17.3 Å². The van der Waals surface area contributed by atoms with Crippen molar-refractivity contribution in [3.05, 3.63) is 93.1 Å². The molecule has 0 aliphatic heterocycles. The third-order valence-electron chi connectivity index (χ3n) is 5.52. The van der Waals surface area contributed by atoms with Crippen molar-refractivity contribution in [3.63, 3.8) is 0 Å². The molecule has 0 bridgehead atoms. The molecule has 4 rings (SSSR count). The molecule has 0 saturated heterocycles. The Morgan fingerprint density at radius 2 is 1.91 bits per heavy atom. The number of hydrogen-bond donors (Lipinski definition) is 4. The summed E-state index contributed by atoms with van der Waals surface area (Å²) in [5.74, 6) is -0.669. The van der Waals surface area contributed by atoms with Crippen LogP contribution in [0.1, 0.15) is 40.0 Å². The molecular formula is C26H23N3O4. The van der Waals surface area contributed by atoms with E-state index in [0.29, 0.717) is 39.2 Å². The molecule has 7 heteroatoms. The zero-order valence-electron chi connectivity index (χ0n) is 18.2. The molecule has 0 radical (unpaired) electrons. The monoisotopic (exact) mass is 441 g/mol. The highest BCUT2D eigenvalue weighted by atomic mass is 16.4. The molecule has 5 N–H and O–H groups in total. The number of nitrogen functional groups attached to an aromatic ring is 1. The average molecular weight is 441 g/mol. The fraction of sp³-hybridized carbons (Fsp3) is 0.115. The van der Waals surface area contributed by atoms with Crippen LogP contribution in [0.5, 0.6) is 0 Å². The number of hydrogen-bond acceptors (Lipinski definition) is 6. The SMILES string of the molecule is Cc1cc(C(C)Nc2ccccc2C(=O)O)c2oc(-c3ccc(N)c(C=N)c3)cc(=O)c2c1. The van der Waals surface area contributed by atoms with Gasteiger partial charge < -0.3 is 26.0 Å². The number of carboxylic acids is 1. The molecule has 3 aromatic carbocycles. The molecule has 1 heterocycles. The van der Waals surface area contributed by atoms with Crippen molar-refractivity contribution in [2.75, 3.05) is 11.1 Å². The Morgan fingerprint density at radius 1 is 1.15 bits per heavy atom. The first-order valence-electron chi connectivity index (χ1n) is 10.4. The maximum atomic E-state index is 13.0. The van der Waals surface area contributed by atoms with E-state index in [1.54, 1.807) is 42.5 Å². The van der Waals surface area contributed by atoms with Gasteiger partial charge in [-0.2, -0.15) is 0 Å². The number of nitrogens with one attached hydrogen (secondary N) is 2. The summed E-state index contributed by atoms with van der Waals surface area (Å²) < 4.78 is 6.22. The molecule has 166 valence electrons. The lowest BCUT2D eigenvalue weighted by Gasteiger charge is -2.19. The number of nitrogens with two attached hydrogens (primary N) is 1. The summed E-state index contributed by atoms with van der Waals surface area (Å²) in [5, 5.41) is 20.7. The molecule has 1 aromatic heterocycles. The van der Waals surface area contributed by atoms with Crippen LogP contribution < -0.4 is 16.5 Å². The molecule has 33 heavy (non-hydrogen) atoms. The van der Waals surface area contributed by atoms with Crippen LogP contribution in [0.4, 0.5) is 11.4 Å². The van der Waals surface area contributed by atoms with Gasteiger partial charge in [-0.25, -0.2) is 4.79 Å². The van der Waals surface area contributed by atoms with Gasteiger partial charge in [0, 0.05) is 40.3 Å². The Hall–Kier alpha value is -4.39. The fourth-order valence-electron chi connectivity index (χ4n) is 3.86. The molecule has 7 nitrogen and oxygen atoms in total. The van der Waals surface area contributed by atoms with Crippen molar-refractivity contribution < 1.29 is 14.3 Å². The highest BCUT2D eigenvalue weighted by molar-refractivity contribution is 5.94. The van der Waals surface area contributed by atoms with Gasteiger partial charge in [-0.15, -0.1) is 0 Å². The normalized spacial score (nSPS) is 11.8. The molecular weight excluding hydrogens is 418 g/mol. The number of carboxylic acid groups (broad SMARTS) is 1. The van der Waals surface area contributed by atoms with Crippen molar-refractivity contribution >= 4 is 34.5 Å². The fourth-order valence-corrected chi connectivity index (χ4v) is 3.86. The zero-order valence-corrected chi connectivity index (χ0v) is 18.2.